The van der Waals surface area contributed by atoms with E-state index in [9.17, 15) is 10.4 Å². The fourth-order valence-corrected chi connectivity index (χ4v) is 3.59. The van der Waals surface area contributed by atoms with Crippen molar-refractivity contribution in [1.29, 1.82) is 5.26 Å². The number of aromatic nitrogens is 2. The van der Waals surface area contributed by atoms with E-state index >= 15 is 4.39 Å². The molecule has 0 radical (unpaired) electrons. The fourth-order valence-electron chi connectivity index (χ4n) is 3.18. The molecule has 8 nitrogen and oxygen atoms in total. The van der Waals surface area contributed by atoms with Crippen molar-refractivity contribution in [2.24, 2.45) is 0 Å². The SMILES string of the molecule is Cc1ccc([NH+]([O-])[O-])cc1-c1nnc(Cc2ccc(Cl)c(Oc3cc(Cl)cc(C#N)c3)c2F)o1. The van der Waals surface area contributed by atoms with Crippen molar-refractivity contribution in [3.63, 3.8) is 0 Å². The lowest BCUT2D eigenvalue weighted by molar-refractivity contribution is -0.715. The molecule has 0 bridgehead atoms. The quantitative estimate of drug-likeness (QED) is 0.359. The van der Waals surface area contributed by atoms with Crippen LogP contribution in [0.25, 0.3) is 11.5 Å². The number of hydrogen-bond acceptors (Lipinski definition) is 7. The average molecular weight is 500 g/mol. The predicted octanol–water partition coefficient (Wildman–Crippen LogP) is 5.26. The van der Waals surface area contributed by atoms with Gasteiger partial charge in [0.05, 0.1) is 23.1 Å². The Morgan fingerprint density at radius 1 is 1.12 bits per heavy atom. The molecule has 0 unspecified atom stereocenters. The topological polar surface area (TPSA) is 123 Å². The second-order valence-corrected chi connectivity index (χ2v) is 8.08. The first-order chi connectivity index (χ1) is 16.2. The van der Waals surface area contributed by atoms with Crippen molar-refractivity contribution < 1.29 is 18.8 Å². The van der Waals surface area contributed by atoms with Crippen LogP contribution in [0.3, 0.4) is 0 Å². The summed E-state index contributed by atoms with van der Waals surface area (Å²) in [5, 5.41) is 38.2. The Labute approximate surface area is 202 Å². The van der Waals surface area contributed by atoms with Gasteiger partial charge in [-0.1, -0.05) is 35.3 Å². The van der Waals surface area contributed by atoms with E-state index < -0.39 is 11.0 Å². The summed E-state index contributed by atoms with van der Waals surface area (Å²) in [5.74, 6) is -0.673. The molecule has 0 atom stereocenters. The number of rotatable bonds is 6. The molecule has 1 aromatic heterocycles. The fraction of sp³-hybridized carbons (Fsp3) is 0.0870. The Balaban J connectivity index is 1.62. The molecule has 0 saturated carbocycles. The third-order valence-corrected chi connectivity index (χ3v) is 5.38. The van der Waals surface area contributed by atoms with Gasteiger partial charge in [-0.25, -0.2) is 4.39 Å². The van der Waals surface area contributed by atoms with Gasteiger partial charge in [0.25, 0.3) is 0 Å². The van der Waals surface area contributed by atoms with Crippen molar-refractivity contribution in [2.75, 3.05) is 0 Å². The van der Waals surface area contributed by atoms with Gasteiger partial charge in [-0.15, -0.1) is 10.2 Å². The van der Waals surface area contributed by atoms with Crippen molar-refractivity contribution in [3.8, 4) is 29.0 Å². The van der Waals surface area contributed by atoms with Crippen LogP contribution in [0.1, 0.15) is 22.6 Å². The number of nitrogens with one attached hydrogen (secondary N) is 1. The molecule has 34 heavy (non-hydrogen) atoms. The molecule has 1 N–H and O–H groups in total. The minimum absolute atomic E-state index is 0.0145. The Morgan fingerprint density at radius 2 is 1.91 bits per heavy atom. The van der Waals surface area contributed by atoms with E-state index in [2.05, 4.69) is 10.2 Å². The molecule has 4 rings (SSSR count). The largest absolute Gasteiger partial charge is 0.628 e. The summed E-state index contributed by atoms with van der Waals surface area (Å²) in [6.07, 6.45) is -0.0788. The maximum atomic E-state index is 15.3. The molecule has 0 aliphatic heterocycles. The second-order valence-electron chi connectivity index (χ2n) is 7.23. The molecule has 0 amide bonds. The van der Waals surface area contributed by atoms with Gasteiger partial charge < -0.3 is 24.8 Å². The van der Waals surface area contributed by atoms with Gasteiger partial charge in [0.15, 0.2) is 11.6 Å². The van der Waals surface area contributed by atoms with Gasteiger partial charge in [-0.3, -0.25) is 0 Å². The first kappa shape index (κ1) is 23.6. The molecule has 3 aromatic carbocycles. The van der Waals surface area contributed by atoms with E-state index in [4.69, 9.17) is 37.6 Å². The standard InChI is InChI=1S/C23H14Cl2FN4O4/c1-12-2-4-16(30(31)32)10-18(12)23-29-28-20(34-23)8-14-3-5-19(25)22(21(14)26)33-17-7-13(11-27)6-15(24)9-17/h2-7,9-10,30H,8H2,1H3/q-1. The van der Waals surface area contributed by atoms with Crippen LogP contribution in [0.2, 0.25) is 10.0 Å². The number of quaternary nitrogens is 1. The zero-order valence-corrected chi connectivity index (χ0v) is 18.9. The maximum Gasteiger partial charge on any atom is 0.248 e. The molecule has 172 valence electrons. The van der Waals surface area contributed by atoms with Gasteiger partial charge in [0.1, 0.15) is 11.4 Å². The van der Waals surface area contributed by atoms with Crippen molar-refractivity contribution in [2.45, 2.75) is 13.3 Å². The van der Waals surface area contributed by atoms with Crippen LogP contribution in [0.5, 0.6) is 11.5 Å². The lowest BCUT2D eigenvalue weighted by Gasteiger charge is -2.25. The normalized spacial score (nSPS) is 11.0. The van der Waals surface area contributed by atoms with Gasteiger partial charge >= 0.3 is 0 Å². The van der Waals surface area contributed by atoms with E-state index in [0.29, 0.717) is 11.1 Å². The van der Waals surface area contributed by atoms with Crippen LogP contribution in [-0.2, 0) is 6.42 Å². The van der Waals surface area contributed by atoms with E-state index in [1.807, 2.05) is 6.07 Å². The highest BCUT2D eigenvalue weighted by atomic mass is 35.5. The van der Waals surface area contributed by atoms with Gasteiger partial charge in [-0.05, 0) is 42.8 Å². The van der Waals surface area contributed by atoms with Crippen LogP contribution in [0, 0.1) is 34.5 Å². The highest BCUT2D eigenvalue weighted by Crippen LogP contribution is 2.36. The van der Waals surface area contributed by atoms with Gasteiger partial charge in [0.2, 0.25) is 11.8 Å². The summed E-state index contributed by atoms with van der Waals surface area (Å²) >= 11 is 12.1. The van der Waals surface area contributed by atoms with Crippen LogP contribution in [0.15, 0.2) is 52.9 Å². The molecule has 0 spiro atoms. The summed E-state index contributed by atoms with van der Waals surface area (Å²) in [6, 6.07) is 13.5. The molecule has 0 aliphatic rings. The predicted molar refractivity (Wildman–Crippen MR) is 122 cm³/mol. The number of ether oxygens (including phenoxy) is 1. The van der Waals surface area contributed by atoms with E-state index in [-0.39, 0.29) is 56.6 Å². The number of hydrogen-bond donors (Lipinski definition) is 1. The summed E-state index contributed by atoms with van der Waals surface area (Å²) in [7, 11) is 0. The molecular formula is C23H14Cl2FN4O4-. The number of halogens is 3. The molecule has 1 heterocycles. The molecule has 4 aromatic rings. The monoisotopic (exact) mass is 499 g/mol. The summed E-state index contributed by atoms with van der Waals surface area (Å²) in [6.45, 7) is 1.76. The Hall–Kier alpha value is -3.52. The third kappa shape index (κ3) is 5.02. The number of nitrogens with zero attached hydrogens (tertiary/aromatic N) is 3. The van der Waals surface area contributed by atoms with Crippen LogP contribution >= 0.6 is 23.2 Å². The molecule has 11 heteroatoms. The van der Waals surface area contributed by atoms with Crippen LogP contribution < -0.4 is 9.96 Å². The molecule has 0 fully saturated rings. The molecule has 0 saturated heterocycles. The lowest BCUT2D eigenvalue weighted by atomic mass is 10.1. The van der Waals surface area contributed by atoms with Crippen LogP contribution in [0.4, 0.5) is 10.1 Å². The average Bonchev–Trinajstić information content (AvgIpc) is 3.26. The first-order valence-electron chi connectivity index (χ1n) is 9.75. The Morgan fingerprint density at radius 3 is 2.65 bits per heavy atom. The first-order valence-corrected chi connectivity index (χ1v) is 10.5. The van der Waals surface area contributed by atoms with E-state index in [0.717, 1.165) is 0 Å². The minimum Gasteiger partial charge on any atom is -0.628 e. The third-order valence-electron chi connectivity index (χ3n) is 4.86. The Bertz CT molecular complexity index is 1420. The van der Waals surface area contributed by atoms with E-state index in [1.54, 1.807) is 13.0 Å². The number of benzene rings is 3. The molecule has 0 aliphatic carbocycles. The van der Waals surface area contributed by atoms with Crippen molar-refractivity contribution in [3.05, 3.63) is 97.4 Å². The van der Waals surface area contributed by atoms with E-state index in [1.165, 1.54) is 42.5 Å². The van der Waals surface area contributed by atoms with Gasteiger partial charge in [0, 0.05) is 22.2 Å². The highest BCUT2D eigenvalue weighted by molar-refractivity contribution is 6.32. The summed E-state index contributed by atoms with van der Waals surface area (Å²) < 4.78 is 26.5. The summed E-state index contributed by atoms with van der Waals surface area (Å²) in [5.41, 5.74) is 1.51. The van der Waals surface area contributed by atoms with Crippen molar-refractivity contribution >= 4 is 28.9 Å². The Kier molecular flexibility index (Phi) is 6.79. The van der Waals surface area contributed by atoms with Crippen molar-refractivity contribution in [1.82, 2.24) is 10.2 Å². The lowest BCUT2D eigenvalue weighted by Crippen LogP contribution is -2.96. The summed E-state index contributed by atoms with van der Waals surface area (Å²) in [4.78, 5) is 0. The highest BCUT2D eigenvalue weighted by Gasteiger charge is 2.19. The zero-order chi connectivity index (χ0) is 24.4. The number of aryl methyl sites for hydroxylation is 1. The maximum absolute atomic E-state index is 15.3. The zero-order valence-electron chi connectivity index (χ0n) is 17.4. The minimum atomic E-state index is -1.33. The van der Waals surface area contributed by atoms with Crippen LogP contribution in [-0.4, -0.2) is 10.2 Å². The molecular weight excluding hydrogens is 486 g/mol. The smallest absolute Gasteiger partial charge is 0.248 e. The van der Waals surface area contributed by atoms with Gasteiger partial charge in [-0.2, -0.15) is 5.26 Å². The second kappa shape index (κ2) is 9.77. The number of nitriles is 1.